The minimum atomic E-state index is -0.402. The third-order valence-electron chi connectivity index (χ3n) is 1.80. The van der Waals surface area contributed by atoms with Gasteiger partial charge < -0.3 is 4.74 Å². The summed E-state index contributed by atoms with van der Waals surface area (Å²) in [6.07, 6.45) is 0. The zero-order chi connectivity index (χ0) is 10.8. The third kappa shape index (κ3) is 2.15. The van der Waals surface area contributed by atoms with Crippen molar-refractivity contribution in [2.24, 2.45) is 0 Å². The fourth-order valence-corrected chi connectivity index (χ4v) is 2.20. The minimum absolute atomic E-state index is 0.224. The number of rotatable bonds is 2. The van der Waals surface area contributed by atoms with Gasteiger partial charge in [-0.1, -0.05) is 0 Å². The van der Waals surface area contributed by atoms with Crippen LogP contribution in [0.5, 0.6) is 5.75 Å². The Balaban J connectivity index is 2.42. The summed E-state index contributed by atoms with van der Waals surface area (Å²) in [5.41, 5.74) is 0.691. The second-order valence-electron chi connectivity index (χ2n) is 2.72. The van der Waals surface area contributed by atoms with Crippen LogP contribution in [0, 0.1) is 5.82 Å². The van der Waals surface area contributed by atoms with Crippen molar-refractivity contribution in [3.05, 3.63) is 28.7 Å². The molecule has 0 radical (unpaired) electrons. The highest BCUT2D eigenvalue weighted by molar-refractivity contribution is 9.10. The molecule has 0 saturated heterocycles. The molecule has 0 bridgehead atoms. The zero-order valence-corrected chi connectivity index (χ0v) is 10.1. The molecule has 0 saturated carbocycles. The highest BCUT2D eigenvalue weighted by Crippen LogP contribution is 2.27. The van der Waals surface area contributed by atoms with E-state index in [-0.39, 0.29) is 5.75 Å². The Bertz CT molecular complexity index is 489. The molecule has 0 aliphatic rings. The monoisotopic (exact) mass is 288 g/mol. The van der Waals surface area contributed by atoms with Crippen molar-refractivity contribution in [3.8, 4) is 16.3 Å². The Hall–Kier alpha value is -1.01. The number of aromatic nitrogens is 2. The van der Waals surface area contributed by atoms with Gasteiger partial charge in [0.1, 0.15) is 5.01 Å². The van der Waals surface area contributed by atoms with Crippen molar-refractivity contribution in [1.82, 2.24) is 9.36 Å². The lowest BCUT2D eigenvalue weighted by Gasteiger charge is -2.02. The SMILES string of the molecule is COc1ccc(-c2nc(Br)ns2)cc1F. The molecule has 2 rings (SSSR count). The van der Waals surface area contributed by atoms with E-state index in [1.54, 1.807) is 12.1 Å². The molecule has 0 amide bonds. The number of methoxy groups -OCH3 is 1. The maximum atomic E-state index is 13.4. The number of benzene rings is 1. The predicted octanol–water partition coefficient (Wildman–Crippen LogP) is 3.12. The fourth-order valence-electron chi connectivity index (χ4n) is 1.12. The van der Waals surface area contributed by atoms with Gasteiger partial charge in [-0.05, 0) is 45.7 Å². The summed E-state index contributed by atoms with van der Waals surface area (Å²) in [4.78, 5) is 4.09. The summed E-state index contributed by atoms with van der Waals surface area (Å²) in [5.74, 6) is -0.177. The Labute approximate surface area is 98.2 Å². The second kappa shape index (κ2) is 4.24. The van der Waals surface area contributed by atoms with Gasteiger partial charge in [0.2, 0.25) is 4.73 Å². The molecule has 0 fully saturated rings. The van der Waals surface area contributed by atoms with Crippen molar-refractivity contribution >= 4 is 27.5 Å². The maximum absolute atomic E-state index is 13.4. The van der Waals surface area contributed by atoms with Crippen LogP contribution in [0.4, 0.5) is 4.39 Å². The lowest BCUT2D eigenvalue weighted by Crippen LogP contribution is -1.88. The van der Waals surface area contributed by atoms with E-state index in [1.807, 2.05) is 0 Å². The van der Waals surface area contributed by atoms with E-state index in [4.69, 9.17) is 4.74 Å². The van der Waals surface area contributed by atoms with E-state index < -0.39 is 5.82 Å². The summed E-state index contributed by atoms with van der Waals surface area (Å²) < 4.78 is 22.7. The van der Waals surface area contributed by atoms with Gasteiger partial charge in [-0.25, -0.2) is 9.37 Å². The van der Waals surface area contributed by atoms with Crippen molar-refractivity contribution in [3.63, 3.8) is 0 Å². The van der Waals surface area contributed by atoms with Crippen LogP contribution in [-0.4, -0.2) is 16.5 Å². The number of nitrogens with zero attached hydrogens (tertiary/aromatic N) is 2. The van der Waals surface area contributed by atoms with E-state index in [0.29, 0.717) is 15.3 Å². The number of ether oxygens (including phenoxy) is 1. The molecule has 1 aromatic carbocycles. The summed E-state index contributed by atoms with van der Waals surface area (Å²) in [6, 6.07) is 4.70. The lowest BCUT2D eigenvalue weighted by molar-refractivity contribution is 0.386. The van der Waals surface area contributed by atoms with E-state index in [2.05, 4.69) is 25.3 Å². The molecule has 3 nitrogen and oxygen atoms in total. The standard InChI is InChI=1S/C9H6BrFN2OS/c1-14-7-3-2-5(4-6(7)11)8-12-9(10)13-15-8/h2-4H,1H3. The highest BCUT2D eigenvalue weighted by Gasteiger charge is 2.08. The molecular formula is C9H6BrFN2OS. The Morgan fingerprint density at radius 2 is 2.27 bits per heavy atom. The van der Waals surface area contributed by atoms with E-state index in [0.717, 1.165) is 0 Å². The first kappa shape index (κ1) is 10.5. The van der Waals surface area contributed by atoms with Gasteiger partial charge >= 0.3 is 0 Å². The Morgan fingerprint density at radius 3 is 2.80 bits per heavy atom. The molecule has 0 unspecified atom stereocenters. The van der Waals surface area contributed by atoms with Gasteiger partial charge in [-0.3, -0.25) is 0 Å². The quantitative estimate of drug-likeness (QED) is 0.852. The molecule has 15 heavy (non-hydrogen) atoms. The van der Waals surface area contributed by atoms with Crippen LogP contribution in [0.15, 0.2) is 22.9 Å². The predicted molar refractivity (Wildman–Crippen MR) is 59.6 cm³/mol. The van der Waals surface area contributed by atoms with E-state index in [1.165, 1.54) is 24.7 Å². The molecule has 0 aliphatic heterocycles. The second-order valence-corrected chi connectivity index (χ2v) is 4.18. The topological polar surface area (TPSA) is 35.0 Å². The van der Waals surface area contributed by atoms with Crippen LogP contribution in [0.1, 0.15) is 0 Å². The normalized spacial score (nSPS) is 10.3. The summed E-state index contributed by atoms with van der Waals surface area (Å²) in [7, 11) is 1.43. The highest BCUT2D eigenvalue weighted by atomic mass is 79.9. The van der Waals surface area contributed by atoms with E-state index >= 15 is 0 Å². The van der Waals surface area contributed by atoms with Gasteiger partial charge in [-0.2, -0.15) is 4.37 Å². The fraction of sp³-hybridized carbons (Fsp3) is 0.111. The molecule has 0 aliphatic carbocycles. The van der Waals surface area contributed by atoms with Gasteiger partial charge in [0.15, 0.2) is 11.6 Å². The average molecular weight is 289 g/mol. The Kier molecular flexibility index (Phi) is 2.97. The largest absolute Gasteiger partial charge is 0.494 e. The summed E-state index contributed by atoms with van der Waals surface area (Å²) in [5, 5.41) is 0.670. The molecule has 1 heterocycles. The first-order valence-corrected chi connectivity index (χ1v) is 5.60. The van der Waals surface area contributed by atoms with Crippen LogP contribution >= 0.6 is 27.5 Å². The van der Waals surface area contributed by atoms with Crippen molar-refractivity contribution < 1.29 is 9.13 Å². The van der Waals surface area contributed by atoms with Crippen molar-refractivity contribution in [1.29, 1.82) is 0 Å². The molecule has 0 N–H and O–H groups in total. The minimum Gasteiger partial charge on any atom is -0.494 e. The molecule has 0 atom stereocenters. The van der Waals surface area contributed by atoms with Gasteiger partial charge in [-0.15, -0.1) is 0 Å². The number of halogens is 2. The number of hydrogen-bond donors (Lipinski definition) is 0. The van der Waals surface area contributed by atoms with Crippen LogP contribution in [-0.2, 0) is 0 Å². The third-order valence-corrected chi connectivity index (χ3v) is 3.15. The van der Waals surface area contributed by atoms with Crippen LogP contribution < -0.4 is 4.74 Å². The first-order valence-electron chi connectivity index (χ1n) is 4.04. The smallest absolute Gasteiger partial charge is 0.209 e. The zero-order valence-electron chi connectivity index (χ0n) is 7.70. The van der Waals surface area contributed by atoms with Crippen molar-refractivity contribution in [2.45, 2.75) is 0 Å². The molecule has 0 spiro atoms. The van der Waals surface area contributed by atoms with Crippen LogP contribution in [0.2, 0.25) is 0 Å². The van der Waals surface area contributed by atoms with Gasteiger partial charge in [0.25, 0.3) is 0 Å². The average Bonchev–Trinajstić information content (AvgIpc) is 2.65. The van der Waals surface area contributed by atoms with Crippen molar-refractivity contribution in [2.75, 3.05) is 7.11 Å². The molecular weight excluding hydrogens is 283 g/mol. The van der Waals surface area contributed by atoms with Gasteiger partial charge in [0, 0.05) is 5.56 Å². The molecule has 6 heteroatoms. The molecule has 1 aromatic heterocycles. The van der Waals surface area contributed by atoms with E-state index in [9.17, 15) is 4.39 Å². The summed E-state index contributed by atoms with van der Waals surface area (Å²) >= 11 is 4.36. The van der Waals surface area contributed by atoms with Gasteiger partial charge in [0.05, 0.1) is 7.11 Å². The summed E-state index contributed by atoms with van der Waals surface area (Å²) in [6.45, 7) is 0. The molecule has 2 aromatic rings. The Morgan fingerprint density at radius 1 is 1.47 bits per heavy atom. The number of hydrogen-bond acceptors (Lipinski definition) is 4. The van der Waals surface area contributed by atoms with Crippen LogP contribution in [0.3, 0.4) is 0 Å². The molecule has 78 valence electrons. The lowest BCUT2D eigenvalue weighted by atomic mass is 10.2. The first-order chi connectivity index (χ1) is 7.20. The maximum Gasteiger partial charge on any atom is 0.209 e. The van der Waals surface area contributed by atoms with Crippen LogP contribution in [0.25, 0.3) is 10.6 Å².